The number of carbonyl (C=O) groups is 2. The van der Waals surface area contributed by atoms with Gasteiger partial charge in [-0.3, -0.25) is 13.9 Å². The van der Waals surface area contributed by atoms with Gasteiger partial charge in [-0.15, -0.1) is 0 Å². The number of nitrogens with one attached hydrogen (secondary N) is 1. The number of hydrogen-bond donors (Lipinski definition) is 1. The first-order chi connectivity index (χ1) is 15.8. The Balaban J connectivity index is 1.60. The highest BCUT2D eigenvalue weighted by Crippen LogP contribution is 2.30. The number of amides is 2. The maximum atomic E-state index is 13.1. The van der Waals surface area contributed by atoms with E-state index in [4.69, 9.17) is 11.6 Å². The summed E-state index contributed by atoms with van der Waals surface area (Å²) in [7, 11) is -2.50. The van der Waals surface area contributed by atoms with Gasteiger partial charge in [0, 0.05) is 30.6 Å². The number of anilines is 3. The third kappa shape index (κ3) is 4.72. The quantitative estimate of drug-likeness (QED) is 0.557. The minimum absolute atomic E-state index is 0.00819. The van der Waals surface area contributed by atoms with Crippen molar-refractivity contribution in [3.05, 3.63) is 83.4 Å². The van der Waals surface area contributed by atoms with Crippen molar-refractivity contribution in [1.29, 1.82) is 0 Å². The molecule has 0 saturated carbocycles. The third-order valence-electron chi connectivity index (χ3n) is 5.44. The number of hydrogen-bond acceptors (Lipinski definition) is 4. The van der Waals surface area contributed by atoms with E-state index in [1.807, 2.05) is 0 Å². The molecule has 1 N–H and O–H groups in total. The van der Waals surface area contributed by atoms with Gasteiger partial charge < -0.3 is 10.2 Å². The molecule has 0 aromatic heterocycles. The van der Waals surface area contributed by atoms with Crippen molar-refractivity contribution in [3.8, 4) is 0 Å². The van der Waals surface area contributed by atoms with Gasteiger partial charge in [-0.1, -0.05) is 35.9 Å². The van der Waals surface area contributed by atoms with E-state index in [9.17, 15) is 18.0 Å². The standard InChI is InChI=1S/C24H22ClN3O4S/c1-27(19-9-5-8-18(25)16-19)33(31,32)20-10-4-7-17(15-20)24(30)26-21-11-2-3-12-22(21)28-14-6-13-23(28)29/h2-5,7-12,15-16H,6,13-14H2,1H3,(H,26,30). The van der Waals surface area contributed by atoms with Gasteiger partial charge in [0.25, 0.3) is 15.9 Å². The lowest BCUT2D eigenvalue weighted by molar-refractivity contribution is -0.117. The highest BCUT2D eigenvalue weighted by molar-refractivity contribution is 7.92. The molecular formula is C24H22ClN3O4S. The predicted molar refractivity (Wildman–Crippen MR) is 129 cm³/mol. The van der Waals surface area contributed by atoms with Crippen LogP contribution in [0.3, 0.4) is 0 Å². The molecular weight excluding hydrogens is 462 g/mol. The van der Waals surface area contributed by atoms with E-state index in [0.29, 0.717) is 35.1 Å². The molecule has 1 aliphatic heterocycles. The fourth-order valence-corrected chi connectivity index (χ4v) is 5.10. The van der Waals surface area contributed by atoms with Gasteiger partial charge in [0.1, 0.15) is 0 Å². The Morgan fingerprint density at radius 2 is 1.79 bits per heavy atom. The molecule has 0 radical (unpaired) electrons. The first-order valence-electron chi connectivity index (χ1n) is 10.3. The summed E-state index contributed by atoms with van der Waals surface area (Å²) in [5.41, 5.74) is 1.69. The van der Waals surface area contributed by atoms with Crippen molar-refractivity contribution in [3.63, 3.8) is 0 Å². The Kier molecular flexibility index (Phi) is 6.40. The summed E-state index contributed by atoms with van der Waals surface area (Å²) in [5.74, 6) is -0.467. The summed E-state index contributed by atoms with van der Waals surface area (Å²) >= 11 is 6.00. The van der Waals surface area contributed by atoms with Crippen molar-refractivity contribution in [1.82, 2.24) is 0 Å². The van der Waals surface area contributed by atoms with Crippen LogP contribution >= 0.6 is 11.6 Å². The molecule has 9 heteroatoms. The van der Waals surface area contributed by atoms with Gasteiger partial charge in [-0.25, -0.2) is 8.42 Å². The Bertz CT molecular complexity index is 1330. The maximum Gasteiger partial charge on any atom is 0.264 e. The Labute approximate surface area is 197 Å². The Morgan fingerprint density at radius 1 is 1.03 bits per heavy atom. The van der Waals surface area contributed by atoms with Crippen molar-refractivity contribution < 1.29 is 18.0 Å². The van der Waals surface area contributed by atoms with Crippen LogP contribution in [0.2, 0.25) is 5.02 Å². The summed E-state index contributed by atoms with van der Waals surface area (Å²) < 4.78 is 27.4. The molecule has 0 bridgehead atoms. The molecule has 0 unspecified atom stereocenters. The molecule has 0 spiro atoms. The SMILES string of the molecule is CN(c1cccc(Cl)c1)S(=O)(=O)c1cccc(C(=O)Nc2ccccc2N2CCCC2=O)c1. The molecule has 0 aliphatic carbocycles. The van der Waals surface area contributed by atoms with E-state index < -0.39 is 15.9 Å². The zero-order chi connectivity index (χ0) is 23.6. The molecule has 1 heterocycles. The van der Waals surface area contributed by atoms with Crippen LogP contribution in [-0.2, 0) is 14.8 Å². The van der Waals surface area contributed by atoms with Crippen molar-refractivity contribution in [2.24, 2.45) is 0 Å². The second-order valence-electron chi connectivity index (χ2n) is 7.60. The summed E-state index contributed by atoms with van der Waals surface area (Å²) in [5, 5.41) is 3.23. The highest BCUT2D eigenvalue weighted by atomic mass is 35.5. The molecule has 7 nitrogen and oxygen atoms in total. The van der Waals surface area contributed by atoms with Crippen molar-refractivity contribution in [2.45, 2.75) is 17.7 Å². The molecule has 33 heavy (non-hydrogen) atoms. The number of benzene rings is 3. The monoisotopic (exact) mass is 483 g/mol. The molecule has 2 amide bonds. The Morgan fingerprint density at radius 3 is 2.52 bits per heavy atom. The van der Waals surface area contributed by atoms with Crippen LogP contribution in [0.15, 0.2) is 77.7 Å². The molecule has 170 valence electrons. The van der Waals surface area contributed by atoms with Crippen molar-refractivity contribution in [2.75, 3.05) is 28.1 Å². The average Bonchev–Trinajstić information content (AvgIpc) is 3.24. The van der Waals surface area contributed by atoms with E-state index in [1.54, 1.807) is 53.4 Å². The van der Waals surface area contributed by atoms with Gasteiger partial charge in [0.05, 0.1) is 22.0 Å². The van der Waals surface area contributed by atoms with Gasteiger partial charge >= 0.3 is 0 Å². The first-order valence-corrected chi connectivity index (χ1v) is 12.1. The Hall–Kier alpha value is -3.36. The number of halogens is 1. The van der Waals surface area contributed by atoms with E-state index in [1.165, 1.54) is 31.3 Å². The van der Waals surface area contributed by atoms with Crippen molar-refractivity contribution >= 4 is 50.5 Å². The fourth-order valence-electron chi connectivity index (χ4n) is 3.68. The molecule has 4 rings (SSSR count). The largest absolute Gasteiger partial charge is 0.320 e. The van der Waals surface area contributed by atoms with Crippen LogP contribution in [0.4, 0.5) is 17.1 Å². The van der Waals surface area contributed by atoms with Crippen LogP contribution < -0.4 is 14.5 Å². The van der Waals surface area contributed by atoms with Gasteiger partial charge in [-0.2, -0.15) is 0 Å². The minimum Gasteiger partial charge on any atom is -0.320 e. The molecule has 1 saturated heterocycles. The van der Waals surface area contributed by atoms with E-state index >= 15 is 0 Å². The lowest BCUT2D eigenvalue weighted by Gasteiger charge is -2.21. The zero-order valence-electron chi connectivity index (χ0n) is 17.9. The van der Waals surface area contributed by atoms with Crippen LogP contribution in [0, 0.1) is 0 Å². The second kappa shape index (κ2) is 9.25. The minimum atomic E-state index is -3.92. The first kappa shape index (κ1) is 22.8. The van der Waals surface area contributed by atoms with Crippen LogP contribution in [0.1, 0.15) is 23.2 Å². The summed E-state index contributed by atoms with van der Waals surface area (Å²) in [6.07, 6.45) is 1.24. The summed E-state index contributed by atoms with van der Waals surface area (Å²) in [6, 6.07) is 19.4. The van der Waals surface area contributed by atoms with Gasteiger partial charge in [0.2, 0.25) is 5.91 Å². The zero-order valence-corrected chi connectivity index (χ0v) is 19.4. The molecule has 3 aromatic rings. The fraction of sp³-hybridized carbons (Fsp3) is 0.167. The van der Waals surface area contributed by atoms with Crippen LogP contribution in [0.25, 0.3) is 0 Å². The topological polar surface area (TPSA) is 86.8 Å². The molecule has 1 fully saturated rings. The van der Waals surface area contributed by atoms with E-state index in [2.05, 4.69) is 5.32 Å². The number of carbonyl (C=O) groups excluding carboxylic acids is 2. The smallest absolute Gasteiger partial charge is 0.264 e. The second-order valence-corrected chi connectivity index (χ2v) is 10.0. The van der Waals surface area contributed by atoms with E-state index in [-0.39, 0.29) is 16.4 Å². The molecule has 0 atom stereocenters. The summed E-state index contributed by atoms with van der Waals surface area (Å²) in [4.78, 5) is 26.8. The number of rotatable bonds is 6. The number of para-hydroxylation sites is 2. The summed E-state index contributed by atoms with van der Waals surface area (Å²) in [6.45, 7) is 0.593. The lowest BCUT2D eigenvalue weighted by Crippen LogP contribution is -2.27. The average molecular weight is 484 g/mol. The molecule has 3 aromatic carbocycles. The van der Waals surface area contributed by atoms with Gasteiger partial charge in [-0.05, 0) is 55.0 Å². The normalized spacial score (nSPS) is 13.8. The third-order valence-corrected chi connectivity index (χ3v) is 7.46. The highest BCUT2D eigenvalue weighted by Gasteiger charge is 2.25. The predicted octanol–water partition coefficient (Wildman–Crippen LogP) is 4.54. The van der Waals surface area contributed by atoms with Gasteiger partial charge in [0.15, 0.2) is 0 Å². The number of nitrogens with zero attached hydrogens (tertiary/aromatic N) is 2. The maximum absolute atomic E-state index is 13.1. The van der Waals surface area contributed by atoms with Crippen LogP contribution in [-0.4, -0.2) is 33.8 Å². The van der Waals surface area contributed by atoms with E-state index in [0.717, 1.165) is 10.7 Å². The van der Waals surface area contributed by atoms with Crippen LogP contribution in [0.5, 0.6) is 0 Å². The number of sulfonamides is 1. The molecule has 1 aliphatic rings. The lowest BCUT2D eigenvalue weighted by atomic mass is 10.2.